The van der Waals surface area contributed by atoms with Crippen LogP contribution in [0.4, 0.5) is 10.1 Å². The van der Waals surface area contributed by atoms with Gasteiger partial charge in [-0.2, -0.15) is 10.2 Å². The summed E-state index contributed by atoms with van der Waals surface area (Å²) in [5, 5.41) is 22.7. The number of nitrogens with zero attached hydrogens (tertiary/aromatic N) is 6. The van der Waals surface area contributed by atoms with Crippen LogP contribution >= 0.6 is 0 Å². The molecule has 0 saturated carbocycles. The topological polar surface area (TPSA) is 123 Å². The molecule has 1 N–H and O–H groups in total. The smallest absolute Gasteiger partial charge is 0.295 e. The summed E-state index contributed by atoms with van der Waals surface area (Å²) in [4.78, 5) is 29.1. The first kappa shape index (κ1) is 23.7. The molecule has 0 aliphatic rings. The normalized spacial score (nSPS) is 10.9. The van der Waals surface area contributed by atoms with Gasteiger partial charge < -0.3 is 4.90 Å². The third-order valence-corrected chi connectivity index (χ3v) is 5.62. The molecule has 0 aliphatic carbocycles. The van der Waals surface area contributed by atoms with Gasteiger partial charge in [0.25, 0.3) is 11.6 Å². The zero-order valence-electron chi connectivity index (χ0n) is 19.1. The van der Waals surface area contributed by atoms with Crippen molar-refractivity contribution in [3.63, 3.8) is 0 Å². The fourth-order valence-corrected chi connectivity index (χ4v) is 3.78. The van der Waals surface area contributed by atoms with E-state index in [-0.39, 0.29) is 28.7 Å². The Bertz CT molecular complexity index is 1320. The molecule has 2 aromatic carbocycles. The van der Waals surface area contributed by atoms with Crippen LogP contribution < -0.4 is 0 Å². The highest BCUT2D eigenvalue weighted by Crippen LogP contribution is 2.24. The minimum atomic E-state index is -0.539. The summed E-state index contributed by atoms with van der Waals surface area (Å²) in [6.07, 6.45) is 6.00. The van der Waals surface area contributed by atoms with Crippen LogP contribution in [0.2, 0.25) is 0 Å². The Hall–Kier alpha value is -4.41. The van der Waals surface area contributed by atoms with Crippen molar-refractivity contribution in [1.29, 1.82) is 0 Å². The molecule has 0 spiro atoms. The van der Waals surface area contributed by atoms with Crippen LogP contribution in [0.1, 0.15) is 35.3 Å². The van der Waals surface area contributed by atoms with Crippen LogP contribution in [-0.2, 0) is 6.42 Å². The Morgan fingerprint density at radius 1 is 1.17 bits per heavy atom. The number of halogens is 1. The van der Waals surface area contributed by atoms with Crippen LogP contribution in [0.25, 0.3) is 16.9 Å². The van der Waals surface area contributed by atoms with Gasteiger partial charge in [-0.05, 0) is 49.6 Å². The van der Waals surface area contributed by atoms with Crippen molar-refractivity contribution in [2.75, 3.05) is 13.6 Å². The molecule has 11 heteroatoms. The van der Waals surface area contributed by atoms with Gasteiger partial charge >= 0.3 is 0 Å². The third-order valence-electron chi connectivity index (χ3n) is 5.62. The minimum Gasteiger partial charge on any atom is -0.342 e. The van der Waals surface area contributed by atoms with Crippen LogP contribution in [0.3, 0.4) is 0 Å². The number of nitro groups is 1. The van der Waals surface area contributed by atoms with Crippen LogP contribution in [0.5, 0.6) is 0 Å². The van der Waals surface area contributed by atoms with Gasteiger partial charge in [-0.25, -0.2) is 14.1 Å². The van der Waals surface area contributed by atoms with Gasteiger partial charge in [0, 0.05) is 36.5 Å². The molecule has 4 rings (SSSR count). The average Bonchev–Trinajstić information content (AvgIpc) is 3.55. The molecule has 0 fully saturated rings. The number of carbonyl (C=O) groups is 1. The highest BCUT2D eigenvalue weighted by molar-refractivity contribution is 5.95. The van der Waals surface area contributed by atoms with E-state index in [0.717, 1.165) is 36.9 Å². The Morgan fingerprint density at radius 2 is 2.03 bits per heavy atom. The van der Waals surface area contributed by atoms with Crippen molar-refractivity contribution in [2.45, 2.75) is 25.7 Å². The second-order valence-corrected chi connectivity index (χ2v) is 8.13. The first-order chi connectivity index (χ1) is 16.9. The second kappa shape index (κ2) is 10.7. The number of aromatic nitrogens is 5. The number of aryl methyl sites for hydroxylation is 1. The maximum atomic E-state index is 13.4. The summed E-state index contributed by atoms with van der Waals surface area (Å²) in [6.45, 7) is 0.523. The molecule has 2 heterocycles. The van der Waals surface area contributed by atoms with Crippen LogP contribution in [0.15, 0.2) is 61.2 Å². The lowest BCUT2D eigenvalue weighted by Gasteiger charge is -2.17. The van der Waals surface area contributed by atoms with E-state index in [0.29, 0.717) is 12.2 Å². The summed E-state index contributed by atoms with van der Waals surface area (Å²) in [7, 11) is 1.68. The highest BCUT2D eigenvalue weighted by atomic mass is 19.1. The average molecular weight is 478 g/mol. The third kappa shape index (κ3) is 5.75. The fourth-order valence-electron chi connectivity index (χ4n) is 3.78. The monoisotopic (exact) mass is 477 g/mol. The molecule has 0 saturated heterocycles. The van der Waals surface area contributed by atoms with Gasteiger partial charge in [-0.3, -0.25) is 20.0 Å². The molecule has 0 radical (unpaired) electrons. The summed E-state index contributed by atoms with van der Waals surface area (Å²) in [5.41, 5.74) is 2.66. The molecule has 35 heavy (non-hydrogen) atoms. The summed E-state index contributed by atoms with van der Waals surface area (Å²) in [5.74, 6) is -0.585. The zero-order chi connectivity index (χ0) is 24.8. The minimum absolute atomic E-state index is 0.216. The molecule has 4 aromatic rings. The molecular formula is C24H24FN7O3. The number of amides is 1. The molecule has 0 aliphatic heterocycles. The predicted octanol–water partition coefficient (Wildman–Crippen LogP) is 4.19. The van der Waals surface area contributed by atoms with Gasteiger partial charge in [-0.15, -0.1) is 0 Å². The number of hydrogen-bond donors (Lipinski definition) is 1. The maximum absolute atomic E-state index is 13.4. The Balaban J connectivity index is 1.27. The second-order valence-electron chi connectivity index (χ2n) is 8.13. The highest BCUT2D eigenvalue weighted by Gasteiger charge is 2.21. The van der Waals surface area contributed by atoms with E-state index in [1.54, 1.807) is 24.1 Å². The van der Waals surface area contributed by atoms with E-state index in [4.69, 9.17) is 0 Å². The van der Waals surface area contributed by atoms with E-state index in [1.165, 1.54) is 41.6 Å². The number of nitrogens with one attached hydrogen (secondary N) is 1. The largest absolute Gasteiger partial charge is 0.342 e. The standard InChI is InChI=1S/C24H24FN7O3/c1-30(24(33)18-9-10-22(23(13-18)32(34)35)31-16-26-15-27-31)11-4-2-3-8-20-14-21(29-28-20)17-6-5-7-19(25)12-17/h5-7,9-10,12-16H,2-4,8,11H2,1H3,(H,28,29). The number of aromatic amines is 1. The van der Waals surface area contributed by atoms with Gasteiger partial charge in [-0.1, -0.05) is 18.6 Å². The number of benzene rings is 2. The van der Waals surface area contributed by atoms with E-state index >= 15 is 0 Å². The number of unbranched alkanes of at least 4 members (excludes halogenated alkanes) is 2. The number of carbonyl (C=O) groups excluding carboxylic acids is 1. The van der Waals surface area contributed by atoms with Crippen molar-refractivity contribution in [1.82, 2.24) is 29.9 Å². The quantitative estimate of drug-likeness (QED) is 0.208. The van der Waals surface area contributed by atoms with Crippen LogP contribution in [0, 0.1) is 15.9 Å². The fraction of sp³-hybridized carbons (Fsp3) is 0.250. The Morgan fingerprint density at radius 3 is 2.77 bits per heavy atom. The Kier molecular flexibility index (Phi) is 7.24. The summed E-state index contributed by atoms with van der Waals surface area (Å²) >= 11 is 0. The van der Waals surface area contributed by atoms with Crippen molar-refractivity contribution >= 4 is 11.6 Å². The summed E-state index contributed by atoms with van der Waals surface area (Å²) < 4.78 is 14.7. The SMILES string of the molecule is CN(CCCCCc1cc(-c2cccc(F)c2)n[nH]1)C(=O)c1ccc(-n2cncn2)c([N+](=O)[O-])c1. The Labute approximate surface area is 200 Å². The van der Waals surface area contributed by atoms with Gasteiger partial charge in [0.1, 0.15) is 24.2 Å². The zero-order valence-corrected chi connectivity index (χ0v) is 19.1. The number of nitro benzene ring substituents is 1. The number of H-pyrrole nitrogens is 1. The molecule has 0 atom stereocenters. The lowest BCUT2D eigenvalue weighted by molar-refractivity contribution is -0.384. The predicted molar refractivity (Wildman–Crippen MR) is 127 cm³/mol. The molecule has 2 aromatic heterocycles. The molecule has 180 valence electrons. The van der Waals surface area contributed by atoms with Gasteiger partial charge in [0.2, 0.25) is 0 Å². The molecule has 10 nitrogen and oxygen atoms in total. The van der Waals surface area contributed by atoms with Crippen molar-refractivity contribution in [3.05, 3.63) is 88.4 Å². The van der Waals surface area contributed by atoms with Crippen molar-refractivity contribution in [3.8, 4) is 16.9 Å². The lowest BCUT2D eigenvalue weighted by Crippen LogP contribution is -2.27. The molecule has 0 bridgehead atoms. The van der Waals surface area contributed by atoms with Crippen LogP contribution in [-0.4, -0.2) is 54.3 Å². The summed E-state index contributed by atoms with van der Waals surface area (Å²) in [6, 6.07) is 12.5. The number of hydrogen-bond acceptors (Lipinski definition) is 6. The number of rotatable bonds is 10. The molecular weight excluding hydrogens is 453 g/mol. The van der Waals surface area contributed by atoms with E-state index < -0.39 is 4.92 Å². The van der Waals surface area contributed by atoms with Gasteiger partial charge in [0.15, 0.2) is 0 Å². The molecule has 0 unspecified atom stereocenters. The first-order valence-electron chi connectivity index (χ1n) is 11.1. The van der Waals surface area contributed by atoms with E-state index in [2.05, 4.69) is 20.3 Å². The first-order valence-corrected chi connectivity index (χ1v) is 11.1. The van der Waals surface area contributed by atoms with E-state index in [9.17, 15) is 19.3 Å². The van der Waals surface area contributed by atoms with Gasteiger partial charge in [0.05, 0.1) is 10.6 Å². The lowest BCUT2D eigenvalue weighted by atomic mass is 10.1. The molecule has 1 amide bonds. The van der Waals surface area contributed by atoms with Crippen molar-refractivity contribution in [2.24, 2.45) is 0 Å². The maximum Gasteiger partial charge on any atom is 0.295 e. The van der Waals surface area contributed by atoms with E-state index in [1.807, 2.05) is 12.1 Å². The van der Waals surface area contributed by atoms with Crippen molar-refractivity contribution < 1.29 is 14.1 Å².